The number of hydrogen-bond acceptors (Lipinski definition) is 3. The van der Waals surface area contributed by atoms with Crippen molar-refractivity contribution in [1.29, 1.82) is 0 Å². The van der Waals surface area contributed by atoms with Crippen LogP contribution >= 0.6 is 11.3 Å². The molecule has 2 nitrogen and oxygen atoms in total. The molecule has 1 fully saturated rings. The second-order valence-electron chi connectivity index (χ2n) is 6.59. The predicted molar refractivity (Wildman–Crippen MR) is 92.8 cm³/mol. The Morgan fingerprint density at radius 2 is 2.05 bits per heavy atom. The SMILES string of the molecule is CC(C)CCN(C1CC1)C(CN)c1csc2ccccc12. The van der Waals surface area contributed by atoms with Crippen LogP contribution in [0.4, 0.5) is 0 Å². The molecule has 3 heteroatoms. The molecule has 1 heterocycles. The highest BCUT2D eigenvalue weighted by molar-refractivity contribution is 7.17. The van der Waals surface area contributed by atoms with Crippen molar-refractivity contribution < 1.29 is 0 Å². The van der Waals surface area contributed by atoms with E-state index in [-0.39, 0.29) is 0 Å². The van der Waals surface area contributed by atoms with Gasteiger partial charge >= 0.3 is 0 Å². The Labute approximate surface area is 131 Å². The third kappa shape index (κ3) is 3.31. The van der Waals surface area contributed by atoms with Crippen LogP contribution in [0.3, 0.4) is 0 Å². The predicted octanol–water partition coefficient (Wildman–Crippen LogP) is 4.41. The number of thiophene rings is 1. The largest absolute Gasteiger partial charge is 0.329 e. The molecule has 21 heavy (non-hydrogen) atoms. The number of fused-ring (bicyclic) bond motifs is 1. The molecular weight excluding hydrogens is 276 g/mol. The van der Waals surface area contributed by atoms with Crippen molar-refractivity contribution in [2.24, 2.45) is 11.7 Å². The van der Waals surface area contributed by atoms with Crippen LogP contribution in [-0.2, 0) is 0 Å². The minimum atomic E-state index is 0.382. The zero-order valence-electron chi connectivity index (χ0n) is 13.1. The molecular formula is C18H26N2S. The van der Waals surface area contributed by atoms with Crippen LogP contribution in [0, 0.1) is 5.92 Å². The lowest BCUT2D eigenvalue weighted by atomic mass is 10.0. The Bertz CT molecular complexity index is 586. The van der Waals surface area contributed by atoms with Crippen molar-refractivity contribution in [3.63, 3.8) is 0 Å². The number of benzene rings is 1. The number of hydrogen-bond donors (Lipinski definition) is 1. The summed E-state index contributed by atoms with van der Waals surface area (Å²) in [4.78, 5) is 2.68. The Hall–Kier alpha value is -0.900. The van der Waals surface area contributed by atoms with Gasteiger partial charge in [0, 0.05) is 23.3 Å². The molecule has 0 aliphatic heterocycles. The molecule has 1 aromatic heterocycles. The summed E-state index contributed by atoms with van der Waals surface area (Å²) in [5.74, 6) is 0.754. The van der Waals surface area contributed by atoms with Gasteiger partial charge in [0.1, 0.15) is 0 Å². The molecule has 1 saturated carbocycles. The van der Waals surface area contributed by atoms with E-state index in [2.05, 4.69) is 48.4 Å². The molecule has 0 saturated heterocycles. The molecule has 2 N–H and O–H groups in total. The first-order valence-corrected chi connectivity index (χ1v) is 9.00. The van der Waals surface area contributed by atoms with Gasteiger partial charge in [0.2, 0.25) is 0 Å². The minimum Gasteiger partial charge on any atom is -0.329 e. The Balaban J connectivity index is 1.88. The molecule has 1 atom stereocenters. The lowest BCUT2D eigenvalue weighted by Crippen LogP contribution is -2.36. The average molecular weight is 302 g/mol. The minimum absolute atomic E-state index is 0.382. The maximum Gasteiger partial charge on any atom is 0.0487 e. The Morgan fingerprint density at radius 1 is 1.29 bits per heavy atom. The molecule has 2 aromatic rings. The summed E-state index contributed by atoms with van der Waals surface area (Å²) >= 11 is 1.85. The fourth-order valence-electron chi connectivity index (χ4n) is 3.10. The van der Waals surface area contributed by atoms with Gasteiger partial charge in [0.15, 0.2) is 0 Å². The second-order valence-corrected chi connectivity index (χ2v) is 7.50. The third-order valence-electron chi connectivity index (χ3n) is 4.47. The molecule has 0 amide bonds. The smallest absolute Gasteiger partial charge is 0.0487 e. The zero-order chi connectivity index (χ0) is 14.8. The maximum absolute atomic E-state index is 6.19. The summed E-state index contributed by atoms with van der Waals surface area (Å²) in [7, 11) is 0. The molecule has 0 spiro atoms. The van der Waals surface area contributed by atoms with Gasteiger partial charge in [-0.05, 0) is 54.1 Å². The van der Waals surface area contributed by atoms with E-state index >= 15 is 0 Å². The van der Waals surface area contributed by atoms with E-state index in [0.717, 1.165) is 18.5 Å². The first-order chi connectivity index (χ1) is 10.2. The molecule has 3 rings (SSSR count). The zero-order valence-corrected chi connectivity index (χ0v) is 13.9. The van der Waals surface area contributed by atoms with Crippen LogP contribution in [-0.4, -0.2) is 24.0 Å². The molecule has 1 aliphatic rings. The van der Waals surface area contributed by atoms with Crippen molar-refractivity contribution in [3.8, 4) is 0 Å². The lowest BCUT2D eigenvalue weighted by molar-refractivity contribution is 0.182. The van der Waals surface area contributed by atoms with Crippen LogP contribution in [0.25, 0.3) is 10.1 Å². The fourth-order valence-corrected chi connectivity index (χ4v) is 4.11. The summed E-state index contributed by atoms with van der Waals surface area (Å²) in [6, 6.07) is 9.87. The van der Waals surface area contributed by atoms with Crippen molar-refractivity contribution in [2.45, 2.75) is 45.2 Å². The average Bonchev–Trinajstić information content (AvgIpc) is 3.23. The highest BCUT2D eigenvalue weighted by atomic mass is 32.1. The van der Waals surface area contributed by atoms with Crippen LogP contribution in [0.5, 0.6) is 0 Å². The van der Waals surface area contributed by atoms with Gasteiger partial charge in [-0.3, -0.25) is 4.90 Å². The van der Waals surface area contributed by atoms with E-state index in [1.807, 2.05) is 11.3 Å². The van der Waals surface area contributed by atoms with E-state index in [1.54, 1.807) is 0 Å². The van der Waals surface area contributed by atoms with Gasteiger partial charge in [0.25, 0.3) is 0 Å². The van der Waals surface area contributed by atoms with Crippen molar-refractivity contribution in [3.05, 3.63) is 35.2 Å². The highest BCUT2D eigenvalue weighted by Crippen LogP contribution is 2.38. The fraction of sp³-hybridized carbons (Fsp3) is 0.556. The maximum atomic E-state index is 6.19. The summed E-state index contributed by atoms with van der Waals surface area (Å²) < 4.78 is 1.38. The molecule has 114 valence electrons. The Morgan fingerprint density at radius 3 is 2.71 bits per heavy atom. The van der Waals surface area contributed by atoms with Gasteiger partial charge < -0.3 is 5.73 Å². The molecule has 1 unspecified atom stereocenters. The van der Waals surface area contributed by atoms with Gasteiger partial charge in [0.05, 0.1) is 0 Å². The van der Waals surface area contributed by atoms with Crippen LogP contribution < -0.4 is 5.73 Å². The number of nitrogens with zero attached hydrogens (tertiary/aromatic N) is 1. The summed E-state index contributed by atoms with van der Waals surface area (Å²) in [5, 5.41) is 3.72. The first-order valence-electron chi connectivity index (χ1n) is 8.12. The van der Waals surface area contributed by atoms with E-state index in [4.69, 9.17) is 5.73 Å². The van der Waals surface area contributed by atoms with E-state index < -0.39 is 0 Å². The topological polar surface area (TPSA) is 29.3 Å². The summed E-state index contributed by atoms with van der Waals surface area (Å²) in [5.41, 5.74) is 7.63. The van der Waals surface area contributed by atoms with Gasteiger partial charge in [-0.15, -0.1) is 11.3 Å². The lowest BCUT2D eigenvalue weighted by Gasteiger charge is -2.31. The first kappa shape index (κ1) is 15.0. The van der Waals surface area contributed by atoms with Crippen molar-refractivity contribution in [2.75, 3.05) is 13.1 Å². The molecule has 1 aliphatic carbocycles. The van der Waals surface area contributed by atoms with Crippen LogP contribution in [0.2, 0.25) is 0 Å². The summed E-state index contributed by atoms with van der Waals surface area (Å²) in [6.07, 6.45) is 3.95. The summed E-state index contributed by atoms with van der Waals surface area (Å²) in [6.45, 7) is 6.51. The van der Waals surface area contributed by atoms with Crippen LogP contribution in [0.1, 0.15) is 44.7 Å². The molecule has 1 aromatic carbocycles. The second kappa shape index (κ2) is 6.47. The monoisotopic (exact) mass is 302 g/mol. The van der Waals surface area contributed by atoms with E-state index in [1.165, 1.54) is 41.5 Å². The highest BCUT2D eigenvalue weighted by Gasteiger charge is 2.34. The van der Waals surface area contributed by atoms with Crippen LogP contribution in [0.15, 0.2) is 29.6 Å². The van der Waals surface area contributed by atoms with Gasteiger partial charge in [-0.25, -0.2) is 0 Å². The quantitative estimate of drug-likeness (QED) is 0.821. The third-order valence-corrected chi connectivity index (χ3v) is 5.46. The van der Waals surface area contributed by atoms with Crippen molar-refractivity contribution in [1.82, 2.24) is 4.90 Å². The van der Waals surface area contributed by atoms with E-state index in [9.17, 15) is 0 Å². The molecule has 0 bridgehead atoms. The molecule has 0 radical (unpaired) electrons. The Kier molecular flexibility index (Phi) is 4.63. The normalized spacial score (nSPS) is 17.0. The standard InChI is InChI=1S/C18H26N2S/c1-13(2)9-10-20(14-7-8-14)17(11-19)16-12-21-18-6-4-3-5-15(16)18/h3-6,12-14,17H,7-11,19H2,1-2H3. The van der Waals surface area contributed by atoms with Crippen molar-refractivity contribution >= 4 is 21.4 Å². The van der Waals surface area contributed by atoms with Gasteiger partial charge in [-0.1, -0.05) is 32.0 Å². The number of nitrogens with two attached hydrogens (primary N) is 1. The van der Waals surface area contributed by atoms with Gasteiger partial charge in [-0.2, -0.15) is 0 Å². The number of rotatable bonds is 7. The van der Waals surface area contributed by atoms with E-state index in [0.29, 0.717) is 6.04 Å².